The molecule has 0 spiro atoms. The van der Waals surface area contributed by atoms with Gasteiger partial charge < -0.3 is 5.32 Å². The van der Waals surface area contributed by atoms with Gasteiger partial charge in [0.1, 0.15) is 17.2 Å². The van der Waals surface area contributed by atoms with E-state index in [-0.39, 0.29) is 16.8 Å². The number of benzene rings is 1. The molecule has 0 atom stereocenters. The van der Waals surface area contributed by atoms with Crippen molar-refractivity contribution >= 4 is 17.2 Å². The fraction of sp³-hybridized carbons (Fsp3) is 0.118. The summed E-state index contributed by atoms with van der Waals surface area (Å²) in [5.74, 6) is -0.917. The third kappa shape index (κ3) is 2.83. The minimum absolute atomic E-state index is 0.112. The number of halogens is 1. The highest BCUT2D eigenvalue weighted by molar-refractivity contribution is 6.04. The van der Waals surface area contributed by atoms with Crippen LogP contribution in [0.5, 0.6) is 0 Å². The Kier molecular flexibility index (Phi) is 3.65. The van der Waals surface area contributed by atoms with Crippen molar-refractivity contribution in [3.05, 3.63) is 75.6 Å². The molecule has 0 aliphatic carbocycles. The Hall–Kier alpha value is -3.02. The van der Waals surface area contributed by atoms with E-state index in [4.69, 9.17) is 0 Å². The predicted molar refractivity (Wildman–Crippen MR) is 85.3 cm³/mol. The summed E-state index contributed by atoms with van der Waals surface area (Å²) < 4.78 is 14.3. The molecule has 0 aliphatic heterocycles. The third-order valence-corrected chi connectivity index (χ3v) is 3.51. The van der Waals surface area contributed by atoms with Gasteiger partial charge in [0.25, 0.3) is 11.5 Å². The Morgan fingerprint density at radius 2 is 1.87 bits per heavy atom. The van der Waals surface area contributed by atoms with Gasteiger partial charge in [0, 0.05) is 11.8 Å². The summed E-state index contributed by atoms with van der Waals surface area (Å²) in [5.41, 5.74) is 1.95. The summed E-state index contributed by atoms with van der Waals surface area (Å²) >= 11 is 0. The van der Waals surface area contributed by atoms with Gasteiger partial charge in [-0.25, -0.2) is 9.37 Å². The van der Waals surface area contributed by atoms with E-state index in [1.165, 1.54) is 28.7 Å². The molecule has 0 bridgehead atoms. The van der Waals surface area contributed by atoms with E-state index in [2.05, 4.69) is 10.3 Å². The quantitative estimate of drug-likeness (QED) is 0.791. The summed E-state index contributed by atoms with van der Waals surface area (Å²) in [5, 5.41) is 2.56. The first-order valence-electron chi connectivity index (χ1n) is 7.02. The second-order valence-electron chi connectivity index (χ2n) is 5.27. The largest absolute Gasteiger partial charge is 0.316 e. The standard InChI is InChI=1S/C17H14FN3O2/c1-10-7-8-21-14(9-10)19-11(2)15(17(21)23)20-16(22)12-3-5-13(18)6-4-12/h3-9H,1-2H3,(H,20,22). The SMILES string of the molecule is Cc1ccn2c(=O)c(NC(=O)c3ccc(F)cc3)c(C)nc2c1. The van der Waals surface area contributed by atoms with Crippen molar-refractivity contribution < 1.29 is 9.18 Å². The van der Waals surface area contributed by atoms with Crippen molar-refractivity contribution in [2.24, 2.45) is 0 Å². The van der Waals surface area contributed by atoms with Crippen LogP contribution in [0.25, 0.3) is 5.65 Å². The van der Waals surface area contributed by atoms with Crippen LogP contribution in [-0.2, 0) is 0 Å². The van der Waals surface area contributed by atoms with Gasteiger partial charge in [0.2, 0.25) is 0 Å². The van der Waals surface area contributed by atoms with Crippen LogP contribution >= 0.6 is 0 Å². The van der Waals surface area contributed by atoms with Crippen molar-refractivity contribution in [3.8, 4) is 0 Å². The second-order valence-corrected chi connectivity index (χ2v) is 5.27. The molecule has 0 saturated carbocycles. The number of nitrogens with one attached hydrogen (secondary N) is 1. The molecule has 5 nitrogen and oxygen atoms in total. The smallest absolute Gasteiger partial charge is 0.281 e. The lowest BCUT2D eigenvalue weighted by atomic mass is 10.2. The molecule has 3 aromatic rings. The summed E-state index contributed by atoms with van der Waals surface area (Å²) in [6, 6.07) is 8.67. The molecule has 0 unspecified atom stereocenters. The van der Waals surface area contributed by atoms with Crippen molar-refractivity contribution in [3.63, 3.8) is 0 Å². The van der Waals surface area contributed by atoms with Gasteiger partial charge in [-0.3, -0.25) is 14.0 Å². The van der Waals surface area contributed by atoms with Gasteiger partial charge in [-0.1, -0.05) is 0 Å². The first-order chi connectivity index (χ1) is 11.0. The van der Waals surface area contributed by atoms with Crippen molar-refractivity contribution in [1.29, 1.82) is 0 Å². The molecule has 0 radical (unpaired) electrons. The predicted octanol–water partition coefficient (Wildman–Crippen LogP) is 2.70. The zero-order valence-corrected chi connectivity index (χ0v) is 12.6. The average molecular weight is 311 g/mol. The first-order valence-corrected chi connectivity index (χ1v) is 7.02. The molecule has 0 aliphatic rings. The zero-order chi connectivity index (χ0) is 16.6. The van der Waals surface area contributed by atoms with Crippen LogP contribution < -0.4 is 10.9 Å². The lowest BCUT2D eigenvalue weighted by molar-refractivity contribution is 0.102. The Bertz CT molecular complexity index is 962. The number of carbonyl (C=O) groups is 1. The number of pyridine rings is 1. The third-order valence-electron chi connectivity index (χ3n) is 3.51. The van der Waals surface area contributed by atoms with Crippen molar-refractivity contribution in [2.75, 3.05) is 5.32 Å². The molecule has 2 aromatic heterocycles. The van der Waals surface area contributed by atoms with Crippen LogP contribution in [0.2, 0.25) is 0 Å². The molecule has 1 aromatic carbocycles. The first kappa shape index (κ1) is 14.9. The molecule has 0 fully saturated rings. The fourth-order valence-corrected chi connectivity index (χ4v) is 2.28. The lowest BCUT2D eigenvalue weighted by Crippen LogP contribution is -2.25. The molecule has 0 saturated heterocycles. The Morgan fingerprint density at radius 1 is 1.17 bits per heavy atom. The summed E-state index contributed by atoms with van der Waals surface area (Å²) in [6.45, 7) is 3.57. The van der Waals surface area contributed by atoms with Crippen LogP contribution in [0.1, 0.15) is 21.6 Å². The monoisotopic (exact) mass is 311 g/mol. The van der Waals surface area contributed by atoms with Crippen LogP contribution in [0.3, 0.4) is 0 Å². The van der Waals surface area contributed by atoms with Crippen LogP contribution in [-0.4, -0.2) is 15.3 Å². The topological polar surface area (TPSA) is 63.5 Å². The molecule has 6 heteroatoms. The maximum Gasteiger partial charge on any atom is 0.281 e. The van der Waals surface area contributed by atoms with E-state index in [0.29, 0.717) is 11.3 Å². The summed E-state index contributed by atoms with van der Waals surface area (Å²) in [7, 11) is 0. The number of fused-ring (bicyclic) bond motifs is 1. The van der Waals surface area contributed by atoms with Gasteiger partial charge in [-0.2, -0.15) is 0 Å². The number of nitrogens with zero attached hydrogens (tertiary/aromatic N) is 2. The highest BCUT2D eigenvalue weighted by Crippen LogP contribution is 2.12. The van der Waals surface area contributed by atoms with Crippen molar-refractivity contribution in [1.82, 2.24) is 9.38 Å². The van der Waals surface area contributed by atoms with E-state index >= 15 is 0 Å². The minimum atomic E-state index is -0.487. The Balaban J connectivity index is 2.03. The van der Waals surface area contributed by atoms with E-state index in [0.717, 1.165) is 5.56 Å². The molecule has 23 heavy (non-hydrogen) atoms. The molecular formula is C17H14FN3O2. The fourth-order valence-electron chi connectivity index (χ4n) is 2.28. The zero-order valence-electron chi connectivity index (χ0n) is 12.6. The van der Waals surface area contributed by atoms with Crippen LogP contribution in [0.4, 0.5) is 10.1 Å². The number of amides is 1. The van der Waals surface area contributed by atoms with E-state index in [1.54, 1.807) is 25.3 Å². The molecule has 1 N–H and O–H groups in total. The second kappa shape index (κ2) is 5.64. The number of aromatic nitrogens is 2. The lowest BCUT2D eigenvalue weighted by Gasteiger charge is -2.10. The van der Waals surface area contributed by atoms with Gasteiger partial charge in [0.05, 0.1) is 5.69 Å². The molecule has 2 heterocycles. The maximum absolute atomic E-state index is 12.9. The molecule has 3 rings (SSSR count). The average Bonchev–Trinajstić information content (AvgIpc) is 2.51. The molecule has 116 valence electrons. The van der Waals surface area contributed by atoms with Gasteiger partial charge in [-0.05, 0) is 55.8 Å². The highest BCUT2D eigenvalue weighted by Gasteiger charge is 2.14. The summed E-state index contributed by atoms with van der Waals surface area (Å²) in [4.78, 5) is 29.1. The van der Waals surface area contributed by atoms with Crippen LogP contribution in [0, 0.1) is 19.7 Å². The van der Waals surface area contributed by atoms with Crippen LogP contribution in [0.15, 0.2) is 47.4 Å². The van der Waals surface area contributed by atoms with Gasteiger partial charge >= 0.3 is 0 Å². The van der Waals surface area contributed by atoms with E-state index < -0.39 is 11.7 Å². The number of aryl methyl sites for hydroxylation is 2. The van der Waals surface area contributed by atoms with Crippen molar-refractivity contribution in [2.45, 2.75) is 13.8 Å². The van der Waals surface area contributed by atoms with E-state index in [9.17, 15) is 14.0 Å². The molecule has 1 amide bonds. The van der Waals surface area contributed by atoms with Gasteiger partial charge in [0.15, 0.2) is 0 Å². The Labute approximate surface area is 131 Å². The van der Waals surface area contributed by atoms with E-state index in [1.807, 2.05) is 6.92 Å². The number of hydrogen-bond acceptors (Lipinski definition) is 3. The maximum atomic E-state index is 12.9. The van der Waals surface area contributed by atoms with Gasteiger partial charge in [-0.15, -0.1) is 0 Å². The number of anilines is 1. The number of carbonyl (C=O) groups excluding carboxylic acids is 1. The molecular weight excluding hydrogens is 297 g/mol. The number of hydrogen-bond donors (Lipinski definition) is 1. The Morgan fingerprint density at radius 3 is 2.57 bits per heavy atom. The minimum Gasteiger partial charge on any atom is -0.316 e. The normalized spacial score (nSPS) is 10.7. The summed E-state index contributed by atoms with van der Waals surface area (Å²) in [6.07, 6.45) is 1.62. The number of rotatable bonds is 2. The highest BCUT2D eigenvalue weighted by atomic mass is 19.1.